The van der Waals surface area contributed by atoms with Gasteiger partial charge in [0.25, 0.3) is 0 Å². The lowest BCUT2D eigenvalue weighted by molar-refractivity contribution is 1.38. The third-order valence-corrected chi connectivity index (χ3v) is 5.56. The smallest absolute Gasteiger partial charge is 0.0485 e. The van der Waals surface area contributed by atoms with Gasteiger partial charge in [-0.2, -0.15) is 0 Å². The molecule has 106 valence electrons. The van der Waals surface area contributed by atoms with Crippen molar-refractivity contribution < 1.29 is 0 Å². The summed E-state index contributed by atoms with van der Waals surface area (Å²) in [7, 11) is 7.09. The summed E-state index contributed by atoms with van der Waals surface area (Å²) in [4.78, 5) is 2.18. The van der Waals surface area contributed by atoms with Gasteiger partial charge in [-0.25, -0.2) is 0 Å². The highest BCUT2D eigenvalue weighted by Crippen LogP contribution is 2.44. The maximum absolute atomic E-state index is 6.06. The van der Waals surface area contributed by atoms with Crippen LogP contribution < -0.4 is 10.6 Å². The van der Waals surface area contributed by atoms with Gasteiger partial charge in [0.15, 0.2) is 0 Å². The molecule has 0 unspecified atom stereocenters. The quantitative estimate of drug-likeness (QED) is 0.661. The first-order valence-corrected chi connectivity index (χ1v) is 8.83. The molecule has 20 heavy (non-hydrogen) atoms. The average Bonchev–Trinajstić information content (AvgIpc) is 2.45. The minimum atomic E-state index is 0.729. The molecule has 0 saturated heterocycles. The van der Waals surface area contributed by atoms with Gasteiger partial charge in [0.2, 0.25) is 0 Å². The van der Waals surface area contributed by atoms with Crippen molar-refractivity contribution in [3.05, 3.63) is 46.4 Å². The van der Waals surface area contributed by atoms with Crippen LogP contribution in [0.15, 0.2) is 46.2 Å². The summed E-state index contributed by atoms with van der Waals surface area (Å²) in [6.45, 7) is 0. The van der Waals surface area contributed by atoms with Gasteiger partial charge in [-0.15, -0.1) is 0 Å². The van der Waals surface area contributed by atoms with Crippen LogP contribution in [0.5, 0.6) is 0 Å². The summed E-state index contributed by atoms with van der Waals surface area (Å²) in [6.07, 6.45) is 0. The predicted octanol–water partition coefficient (Wildman–Crippen LogP) is 5.88. The van der Waals surface area contributed by atoms with Gasteiger partial charge >= 0.3 is 0 Å². The molecule has 0 atom stereocenters. The van der Waals surface area contributed by atoms with Gasteiger partial charge in [-0.05, 0) is 36.4 Å². The molecule has 0 aliphatic rings. The molecule has 6 heteroatoms. The molecule has 0 aliphatic carbocycles. The Labute approximate surface area is 137 Å². The van der Waals surface area contributed by atoms with Crippen molar-refractivity contribution in [2.45, 2.75) is 9.79 Å². The van der Waals surface area contributed by atoms with Crippen LogP contribution >= 0.6 is 44.8 Å². The van der Waals surface area contributed by atoms with E-state index >= 15 is 0 Å². The molecule has 2 nitrogen and oxygen atoms in total. The van der Waals surface area contributed by atoms with Gasteiger partial charge in [0.05, 0.1) is 0 Å². The third-order valence-electron chi connectivity index (χ3n) is 2.65. The van der Waals surface area contributed by atoms with Crippen molar-refractivity contribution in [3.8, 4) is 0 Å². The molecule has 0 aromatic heterocycles. The maximum atomic E-state index is 6.06. The molecule has 0 heterocycles. The lowest BCUT2D eigenvalue weighted by atomic mass is 10.3. The highest BCUT2D eigenvalue weighted by Gasteiger charge is 2.08. The van der Waals surface area contributed by atoms with Crippen LogP contribution in [0.3, 0.4) is 0 Å². The Hall–Kier alpha value is -0.680. The van der Waals surface area contributed by atoms with Crippen LogP contribution in [0.2, 0.25) is 10.0 Å². The maximum Gasteiger partial charge on any atom is 0.0485 e. The molecule has 0 saturated carbocycles. The second kappa shape index (κ2) is 7.36. The fourth-order valence-corrected chi connectivity index (χ4v) is 4.52. The fraction of sp³-hybridized carbons (Fsp3) is 0.143. The van der Waals surface area contributed by atoms with Gasteiger partial charge < -0.3 is 10.6 Å². The van der Waals surface area contributed by atoms with E-state index in [4.69, 9.17) is 23.2 Å². The zero-order chi connectivity index (χ0) is 14.5. The Morgan fingerprint density at radius 1 is 0.750 bits per heavy atom. The van der Waals surface area contributed by atoms with Crippen molar-refractivity contribution in [2.24, 2.45) is 0 Å². The Balaban J connectivity index is 2.20. The molecule has 0 aliphatic heterocycles. The summed E-state index contributed by atoms with van der Waals surface area (Å²) in [6, 6.07) is 11.6. The monoisotopic (exact) mass is 344 g/mol. The average molecular weight is 345 g/mol. The summed E-state index contributed by atoms with van der Waals surface area (Å²) in [5, 5.41) is 7.79. The molecule has 0 amide bonds. The molecular weight excluding hydrogens is 331 g/mol. The molecule has 2 N–H and O–H groups in total. The van der Waals surface area contributed by atoms with E-state index in [2.05, 4.69) is 10.6 Å². The Kier molecular flexibility index (Phi) is 5.78. The van der Waals surface area contributed by atoms with Crippen molar-refractivity contribution in [1.29, 1.82) is 0 Å². The summed E-state index contributed by atoms with van der Waals surface area (Å²) in [5.41, 5.74) is 2.11. The minimum absolute atomic E-state index is 0.729. The van der Waals surface area contributed by atoms with Crippen LogP contribution in [0, 0.1) is 0 Å². The van der Waals surface area contributed by atoms with Gasteiger partial charge in [-0.3, -0.25) is 0 Å². The van der Waals surface area contributed by atoms with Crippen molar-refractivity contribution in [1.82, 2.24) is 0 Å². The molecule has 0 fully saturated rings. The van der Waals surface area contributed by atoms with E-state index in [1.807, 2.05) is 50.5 Å². The SMILES string of the molecule is CNc1ccc(Cl)cc1SSc1cc(Cl)ccc1NC. The predicted molar refractivity (Wildman–Crippen MR) is 93.7 cm³/mol. The van der Waals surface area contributed by atoms with Crippen LogP contribution in [0.1, 0.15) is 0 Å². The number of hydrogen-bond acceptors (Lipinski definition) is 4. The standard InChI is InChI=1S/C14H14Cl2N2S2/c1-17-11-5-3-9(15)7-13(11)19-20-14-8-10(16)4-6-12(14)18-2/h3-8,17-18H,1-2H3. The Morgan fingerprint density at radius 3 is 1.50 bits per heavy atom. The van der Waals surface area contributed by atoms with Crippen molar-refractivity contribution in [3.63, 3.8) is 0 Å². The normalized spacial score (nSPS) is 10.4. The van der Waals surface area contributed by atoms with Crippen LogP contribution in [-0.2, 0) is 0 Å². The summed E-state index contributed by atoms with van der Waals surface area (Å²) in [5.74, 6) is 0. The van der Waals surface area contributed by atoms with E-state index < -0.39 is 0 Å². The fourth-order valence-electron chi connectivity index (χ4n) is 1.63. The molecule has 2 aromatic rings. The van der Waals surface area contributed by atoms with Crippen LogP contribution in [-0.4, -0.2) is 14.1 Å². The zero-order valence-electron chi connectivity index (χ0n) is 11.0. The van der Waals surface area contributed by atoms with Gasteiger partial charge in [-0.1, -0.05) is 44.8 Å². The number of nitrogens with one attached hydrogen (secondary N) is 2. The second-order valence-electron chi connectivity index (χ2n) is 3.95. The van der Waals surface area contributed by atoms with Crippen LogP contribution in [0.4, 0.5) is 11.4 Å². The topological polar surface area (TPSA) is 24.1 Å². The molecule has 0 bridgehead atoms. The molecule has 2 rings (SSSR count). The highest BCUT2D eigenvalue weighted by atomic mass is 35.5. The Morgan fingerprint density at radius 2 is 1.15 bits per heavy atom. The first kappa shape index (κ1) is 15.7. The van der Waals surface area contributed by atoms with E-state index in [1.54, 1.807) is 21.6 Å². The lowest BCUT2D eigenvalue weighted by Crippen LogP contribution is -1.91. The summed E-state index contributed by atoms with van der Waals surface area (Å²) < 4.78 is 0. The lowest BCUT2D eigenvalue weighted by Gasteiger charge is -2.11. The minimum Gasteiger partial charge on any atom is -0.387 e. The molecule has 0 spiro atoms. The van der Waals surface area contributed by atoms with E-state index in [1.165, 1.54) is 0 Å². The van der Waals surface area contributed by atoms with E-state index in [0.717, 1.165) is 31.2 Å². The number of halogens is 2. The second-order valence-corrected chi connectivity index (χ2v) is 7.03. The Bertz CT molecular complexity index is 552. The summed E-state index contributed by atoms with van der Waals surface area (Å²) >= 11 is 12.1. The highest BCUT2D eigenvalue weighted by molar-refractivity contribution is 8.76. The van der Waals surface area contributed by atoms with E-state index in [-0.39, 0.29) is 0 Å². The number of anilines is 2. The zero-order valence-corrected chi connectivity index (χ0v) is 14.2. The van der Waals surface area contributed by atoms with Gasteiger partial charge in [0.1, 0.15) is 0 Å². The molecule has 0 radical (unpaired) electrons. The molecular formula is C14H14Cl2N2S2. The largest absolute Gasteiger partial charge is 0.387 e. The van der Waals surface area contributed by atoms with E-state index in [0.29, 0.717) is 0 Å². The van der Waals surface area contributed by atoms with Crippen molar-refractivity contribution >= 4 is 56.2 Å². The molecule has 2 aromatic carbocycles. The first-order chi connectivity index (χ1) is 9.63. The van der Waals surface area contributed by atoms with Crippen LogP contribution in [0.25, 0.3) is 0 Å². The number of hydrogen-bond donors (Lipinski definition) is 2. The first-order valence-electron chi connectivity index (χ1n) is 5.93. The number of rotatable bonds is 5. The van der Waals surface area contributed by atoms with Gasteiger partial charge in [0, 0.05) is 45.3 Å². The number of benzene rings is 2. The third kappa shape index (κ3) is 3.92. The van der Waals surface area contributed by atoms with E-state index in [9.17, 15) is 0 Å². The van der Waals surface area contributed by atoms with Crippen molar-refractivity contribution in [2.75, 3.05) is 24.7 Å².